The molecular weight excluding hydrogens is 344 g/mol. The van der Waals surface area contributed by atoms with Gasteiger partial charge < -0.3 is 15.4 Å². The Morgan fingerprint density at radius 3 is 2.48 bits per heavy atom. The molecule has 2 N–H and O–H groups in total. The van der Waals surface area contributed by atoms with Gasteiger partial charge in [-0.1, -0.05) is 26.0 Å². The number of amides is 2. The van der Waals surface area contributed by atoms with Crippen molar-refractivity contribution < 1.29 is 14.3 Å². The highest BCUT2D eigenvalue weighted by atomic mass is 16.5. The summed E-state index contributed by atoms with van der Waals surface area (Å²) in [6.45, 7) is 9.76. The first-order valence-corrected chi connectivity index (χ1v) is 10.2. The van der Waals surface area contributed by atoms with Crippen molar-refractivity contribution in [3.8, 4) is 0 Å². The summed E-state index contributed by atoms with van der Waals surface area (Å²) in [4.78, 5) is 31.3. The van der Waals surface area contributed by atoms with Gasteiger partial charge in [0.2, 0.25) is 11.8 Å². The largest absolute Gasteiger partial charge is 0.379 e. The fourth-order valence-corrected chi connectivity index (χ4v) is 4.35. The van der Waals surface area contributed by atoms with Crippen molar-refractivity contribution in [3.63, 3.8) is 0 Å². The summed E-state index contributed by atoms with van der Waals surface area (Å²) in [6, 6.07) is 0. The van der Waals surface area contributed by atoms with Crippen molar-refractivity contribution in [3.05, 3.63) is 12.2 Å². The van der Waals surface area contributed by atoms with Gasteiger partial charge in [0, 0.05) is 26.2 Å². The third-order valence-corrected chi connectivity index (χ3v) is 5.49. The highest BCUT2D eigenvalue weighted by Crippen LogP contribution is 2.52. The normalized spacial score (nSPS) is 29.2. The van der Waals surface area contributed by atoms with Gasteiger partial charge in [-0.3, -0.25) is 19.5 Å². The summed E-state index contributed by atoms with van der Waals surface area (Å²) in [5.74, 6) is 1.51. The van der Waals surface area contributed by atoms with E-state index in [4.69, 9.17) is 4.74 Å². The summed E-state index contributed by atoms with van der Waals surface area (Å²) in [6.07, 6.45) is 5.21. The molecule has 7 nitrogen and oxygen atoms in total. The lowest BCUT2D eigenvalue weighted by Crippen LogP contribution is -2.43. The Balaban J connectivity index is 1.45. The molecule has 3 rings (SSSR count). The second-order valence-corrected chi connectivity index (χ2v) is 7.98. The van der Waals surface area contributed by atoms with Crippen molar-refractivity contribution in [1.29, 1.82) is 0 Å². The molecule has 1 aliphatic heterocycles. The third kappa shape index (κ3) is 4.34. The smallest absolute Gasteiger partial charge is 0.233 e. The second kappa shape index (κ2) is 8.87. The van der Waals surface area contributed by atoms with E-state index >= 15 is 0 Å². The molecule has 27 heavy (non-hydrogen) atoms. The van der Waals surface area contributed by atoms with E-state index in [0.717, 1.165) is 19.6 Å². The molecule has 0 spiro atoms. The van der Waals surface area contributed by atoms with Crippen LogP contribution in [0.5, 0.6) is 0 Å². The van der Waals surface area contributed by atoms with Crippen molar-refractivity contribution in [2.24, 2.45) is 34.6 Å². The Kier molecular flexibility index (Phi) is 6.52. The van der Waals surface area contributed by atoms with Crippen LogP contribution in [0, 0.1) is 29.6 Å². The summed E-state index contributed by atoms with van der Waals surface area (Å²) in [7, 11) is 0. The number of nitrogens with one attached hydrogen (secondary N) is 2. The molecule has 2 bridgehead atoms. The Labute approximate surface area is 161 Å². The molecule has 1 saturated heterocycles. The fraction of sp³-hybridized carbons (Fsp3) is 0.750. The average molecular weight is 377 g/mol. The zero-order chi connectivity index (χ0) is 19.4. The predicted molar refractivity (Wildman–Crippen MR) is 104 cm³/mol. The zero-order valence-corrected chi connectivity index (χ0v) is 16.6. The Morgan fingerprint density at radius 2 is 1.89 bits per heavy atom. The zero-order valence-electron chi connectivity index (χ0n) is 16.6. The van der Waals surface area contributed by atoms with Crippen LogP contribution >= 0.6 is 0 Å². The van der Waals surface area contributed by atoms with Crippen LogP contribution in [-0.4, -0.2) is 62.1 Å². The van der Waals surface area contributed by atoms with Crippen LogP contribution in [0.2, 0.25) is 0 Å². The molecule has 0 aromatic carbocycles. The Morgan fingerprint density at radius 1 is 1.22 bits per heavy atom. The molecule has 3 aliphatic rings. The minimum Gasteiger partial charge on any atom is -0.379 e. The summed E-state index contributed by atoms with van der Waals surface area (Å²) in [5.41, 5.74) is 0. The molecule has 7 heteroatoms. The maximum atomic E-state index is 12.7. The second-order valence-electron chi connectivity index (χ2n) is 7.98. The molecular formula is C20H32N4O3. The first kappa shape index (κ1) is 19.9. The highest BCUT2D eigenvalue weighted by Gasteiger charge is 2.58. The van der Waals surface area contributed by atoms with Gasteiger partial charge in [-0.25, -0.2) is 0 Å². The Hall–Kier alpha value is -1.89. The topological polar surface area (TPSA) is 83.0 Å². The van der Waals surface area contributed by atoms with Crippen molar-refractivity contribution >= 4 is 17.8 Å². The van der Waals surface area contributed by atoms with E-state index in [1.54, 1.807) is 0 Å². The molecule has 4 unspecified atom stereocenters. The lowest BCUT2D eigenvalue weighted by Gasteiger charge is -2.18. The number of ether oxygens (including phenoxy) is 1. The standard InChI is InChI=1S/C20H32N4O3/c1-4-21-20(23-8-10-27-12-13(2)3)22-7-9-24-18(25)16-14-5-6-15(11-14)17(16)19(24)26/h5-6,13-17H,4,7-12H2,1-3H3,(H2,21,22,23). The number of rotatable bonds is 9. The van der Waals surface area contributed by atoms with Gasteiger partial charge in [0.25, 0.3) is 0 Å². The molecule has 1 heterocycles. The summed E-state index contributed by atoms with van der Waals surface area (Å²) >= 11 is 0. The number of aliphatic imine (C=N–C) groups is 1. The van der Waals surface area contributed by atoms with Crippen molar-refractivity contribution in [1.82, 2.24) is 15.5 Å². The molecule has 2 aliphatic carbocycles. The number of nitrogens with zero attached hydrogens (tertiary/aromatic N) is 2. The average Bonchev–Trinajstić information content (AvgIpc) is 3.30. The first-order chi connectivity index (χ1) is 13.0. The van der Waals surface area contributed by atoms with Gasteiger partial charge >= 0.3 is 0 Å². The molecule has 2 amide bonds. The van der Waals surface area contributed by atoms with Gasteiger partial charge in [-0.05, 0) is 31.1 Å². The van der Waals surface area contributed by atoms with Gasteiger partial charge in [0.05, 0.1) is 25.0 Å². The number of imide groups is 1. The van der Waals surface area contributed by atoms with E-state index in [-0.39, 0.29) is 35.5 Å². The van der Waals surface area contributed by atoms with Crippen LogP contribution in [0.15, 0.2) is 17.1 Å². The number of allylic oxidation sites excluding steroid dienone is 2. The molecule has 4 atom stereocenters. The van der Waals surface area contributed by atoms with E-state index < -0.39 is 0 Å². The van der Waals surface area contributed by atoms with E-state index in [9.17, 15) is 9.59 Å². The van der Waals surface area contributed by atoms with E-state index in [1.807, 2.05) is 6.92 Å². The van der Waals surface area contributed by atoms with Crippen LogP contribution in [0.1, 0.15) is 27.2 Å². The summed E-state index contributed by atoms with van der Waals surface area (Å²) < 4.78 is 5.54. The van der Waals surface area contributed by atoms with Crippen LogP contribution in [0.4, 0.5) is 0 Å². The third-order valence-electron chi connectivity index (χ3n) is 5.49. The van der Waals surface area contributed by atoms with Gasteiger partial charge in [0.1, 0.15) is 0 Å². The van der Waals surface area contributed by atoms with Crippen LogP contribution in [0.3, 0.4) is 0 Å². The molecule has 0 aromatic heterocycles. The minimum absolute atomic E-state index is 0.00711. The van der Waals surface area contributed by atoms with Crippen molar-refractivity contribution in [2.45, 2.75) is 27.2 Å². The molecule has 1 saturated carbocycles. The minimum atomic E-state index is -0.118. The van der Waals surface area contributed by atoms with E-state index in [1.165, 1.54) is 4.90 Å². The monoisotopic (exact) mass is 376 g/mol. The number of hydrogen-bond acceptors (Lipinski definition) is 4. The fourth-order valence-electron chi connectivity index (χ4n) is 4.35. The number of guanidine groups is 1. The van der Waals surface area contributed by atoms with Gasteiger partial charge in [-0.15, -0.1) is 0 Å². The maximum absolute atomic E-state index is 12.7. The number of carbonyl (C=O) groups excluding carboxylic acids is 2. The molecule has 2 fully saturated rings. The predicted octanol–water partition coefficient (Wildman–Crippen LogP) is 1.02. The van der Waals surface area contributed by atoms with Crippen LogP contribution in [-0.2, 0) is 14.3 Å². The number of carbonyl (C=O) groups is 2. The maximum Gasteiger partial charge on any atom is 0.233 e. The molecule has 150 valence electrons. The lowest BCUT2D eigenvalue weighted by molar-refractivity contribution is -0.140. The van der Waals surface area contributed by atoms with Crippen LogP contribution < -0.4 is 10.6 Å². The summed E-state index contributed by atoms with van der Waals surface area (Å²) in [5, 5.41) is 6.39. The van der Waals surface area contributed by atoms with Crippen LogP contribution in [0.25, 0.3) is 0 Å². The first-order valence-electron chi connectivity index (χ1n) is 10.2. The SMILES string of the molecule is CCNC(=NCCOCC(C)C)NCCN1C(=O)C2C3C=CC(C3)C2C1=O. The lowest BCUT2D eigenvalue weighted by atomic mass is 9.85. The number of likely N-dealkylation sites (tertiary alicyclic amines) is 1. The highest BCUT2D eigenvalue weighted by molar-refractivity contribution is 6.06. The van der Waals surface area contributed by atoms with E-state index in [0.29, 0.717) is 38.1 Å². The van der Waals surface area contributed by atoms with Gasteiger partial charge in [-0.2, -0.15) is 0 Å². The van der Waals surface area contributed by atoms with Crippen molar-refractivity contribution in [2.75, 3.05) is 39.4 Å². The van der Waals surface area contributed by atoms with Gasteiger partial charge in [0.15, 0.2) is 5.96 Å². The quantitative estimate of drug-likeness (QED) is 0.206. The number of hydrogen-bond donors (Lipinski definition) is 2. The number of fused-ring (bicyclic) bond motifs is 5. The van der Waals surface area contributed by atoms with E-state index in [2.05, 4.69) is 41.6 Å². The molecule has 0 radical (unpaired) electrons. The Bertz CT molecular complexity index is 586. The molecule has 0 aromatic rings.